The lowest BCUT2D eigenvalue weighted by Crippen LogP contribution is -2.20. The molecule has 88 valence electrons. The summed E-state index contributed by atoms with van der Waals surface area (Å²) in [4.78, 5) is 16.1. The molecule has 0 bridgehead atoms. The third-order valence-electron chi connectivity index (χ3n) is 2.44. The number of hydrogen-bond donors (Lipinski definition) is 0. The normalized spacial score (nSPS) is 10.3. The molecule has 2 aromatic rings. The van der Waals surface area contributed by atoms with E-state index in [1.54, 1.807) is 26.2 Å². The summed E-state index contributed by atoms with van der Waals surface area (Å²) in [6.45, 7) is 1.78. The third kappa shape index (κ3) is 2.24. The topological polar surface area (TPSA) is 44.1 Å². The maximum atomic E-state index is 12.0. The van der Waals surface area contributed by atoms with Gasteiger partial charge in [0, 0.05) is 0 Å². The molecule has 0 saturated heterocycles. The molecule has 0 spiro atoms. The summed E-state index contributed by atoms with van der Waals surface area (Å²) in [5.74, 6) is 0.751. The SMILES string of the molecule is COc1ccc(-n2cnc(C)c(Br)c2=O)cc1. The average Bonchev–Trinajstić information content (AvgIpc) is 2.36. The van der Waals surface area contributed by atoms with Crippen molar-refractivity contribution in [2.24, 2.45) is 0 Å². The van der Waals surface area contributed by atoms with E-state index in [1.165, 1.54) is 10.9 Å². The summed E-state index contributed by atoms with van der Waals surface area (Å²) in [7, 11) is 1.60. The first kappa shape index (κ1) is 11.9. The highest BCUT2D eigenvalue weighted by atomic mass is 79.9. The summed E-state index contributed by atoms with van der Waals surface area (Å²) >= 11 is 3.23. The van der Waals surface area contributed by atoms with Crippen LogP contribution in [0.4, 0.5) is 0 Å². The van der Waals surface area contributed by atoms with Gasteiger partial charge in [-0.2, -0.15) is 0 Å². The van der Waals surface area contributed by atoms with Gasteiger partial charge in [-0.1, -0.05) is 0 Å². The Kier molecular flexibility index (Phi) is 3.28. The van der Waals surface area contributed by atoms with Crippen LogP contribution in [0.3, 0.4) is 0 Å². The molecule has 0 radical (unpaired) electrons. The number of methoxy groups -OCH3 is 1. The summed E-state index contributed by atoms with van der Waals surface area (Å²) in [5, 5.41) is 0. The maximum absolute atomic E-state index is 12.0. The first-order chi connectivity index (χ1) is 8.13. The zero-order chi connectivity index (χ0) is 12.4. The minimum Gasteiger partial charge on any atom is -0.497 e. The lowest BCUT2D eigenvalue weighted by molar-refractivity contribution is 0.414. The van der Waals surface area contributed by atoms with Crippen LogP contribution in [0.5, 0.6) is 5.75 Å². The highest BCUT2D eigenvalue weighted by molar-refractivity contribution is 9.10. The summed E-state index contributed by atoms with van der Waals surface area (Å²) in [6.07, 6.45) is 1.52. The predicted octanol–water partition coefficient (Wildman–Crippen LogP) is 2.31. The van der Waals surface area contributed by atoms with Crippen LogP contribution in [0, 0.1) is 6.92 Å². The van der Waals surface area contributed by atoms with Crippen molar-refractivity contribution in [3.8, 4) is 11.4 Å². The Labute approximate surface area is 107 Å². The van der Waals surface area contributed by atoms with Gasteiger partial charge in [0.1, 0.15) is 16.5 Å². The van der Waals surface area contributed by atoms with E-state index >= 15 is 0 Å². The molecule has 0 N–H and O–H groups in total. The van der Waals surface area contributed by atoms with E-state index in [9.17, 15) is 4.79 Å². The highest BCUT2D eigenvalue weighted by Gasteiger charge is 2.06. The van der Waals surface area contributed by atoms with E-state index in [4.69, 9.17) is 4.74 Å². The molecule has 0 fully saturated rings. The standard InChI is InChI=1S/C12H11BrN2O2/c1-8-11(13)12(16)15(7-14-8)9-3-5-10(17-2)6-4-9/h3-7H,1-2H3. The van der Waals surface area contributed by atoms with Gasteiger partial charge in [0.05, 0.1) is 18.5 Å². The second-order valence-corrected chi connectivity index (χ2v) is 4.31. The fourth-order valence-corrected chi connectivity index (χ4v) is 1.73. The number of halogens is 1. The Morgan fingerprint density at radius 1 is 1.29 bits per heavy atom. The molecule has 0 unspecified atom stereocenters. The fourth-order valence-electron chi connectivity index (χ4n) is 1.44. The monoisotopic (exact) mass is 294 g/mol. The van der Waals surface area contributed by atoms with E-state index in [-0.39, 0.29) is 5.56 Å². The average molecular weight is 295 g/mol. The number of rotatable bonds is 2. The van der Waals surface area contributed by atoms with Crippen LogP contribution in [-0.2, 0) is 0 Å². The molecule has 2 rings (SSSR count). The van der Waals surface area contributed by atoms with Crippen molar-refractivity contribution in [2.75, 3.05) is 7.11 Å². The summed E-state index contributed by atoms with van der Waals surface area (Å²) in [5.41, 5.74) is 1.31. The van der Waals surface area contributed by atoms with Crippen molar-refractivity contribution in [2.45, 2.75) is 6.92 Å². The van der Waals surface area contributed by atoms with Crippen LogP contribution in [0.1, 0.15) is 5.69 Å². The number of aromatic nitrogens is 2. The molecular formula is C12H11BrN2O2. The van der Waals surface area contributed by atoms with Crippen LogP contribution in [-0.4, -0.2) is 16.7 Å². The molecule has 0 aliphatic rings. The van der Waals surface area contributed by atoms with E-state index in [0.29, 0.717) is 10.2 Å². The minimum atomic E-state index is -0.123. The molecule has 1 heterocycles. The van der Waals surface area contributed by atoms with Gasteiger partial charge in [-0.05, 0) is 47.1 Å². The molecule has 17 heavy (non-hydrogen) atoms. The lowest BCUT2D eigenvalue weighted by Gasteiger charge is -2.07. The van der Waals surface area contributed by atoms with Crippen LogP contribution in [0.25, 0.3) is 5.69 Å². The van der Waals surface area contributed by atoms with Crippen molar-refractivity contribution in [3.63, 3.8) is 0 Å². The van der Waals surface area contributed by atoms with Crippen LogP contribution in [0.2, 0.25) is 0 Å². The predicted molar refractivity (Wildman–Crippen MR) is 68.8 cm³/mol. The number of ether oxygens (including phenoxy) is 1. The van der Waals surface area contributed by atoms with Gasteiger partial charge in [-0.3, -0.25) is 9.36 Å². The molecule has 0 aliphatic heterocycles. The van der Waals surface area contributed by atoms with Crippen LogP contribution < -0.4 is 10.3 Å². The number of hydrogen-bond acceptors (Lipinski definition) is 3. The van der Waals surface area contributed by atoms with E-state index in [1.807, 2.05) is 12.1 Å². The quantitative estimate of drug-likeness (QED) is 0.854. The number of nitrogens with zero attached hydrogens (tertiary/aromatic N) is 2. The maximum Gasteiger partial charge on any atom is 0.272 e. The molecule has 1 aromatic carbocycles. The van der Waals surface area contributed by atoms with Gasteiger partial charge < -0.3 is 4.74 Å². The Hall–Kier alpha value is -1.62. The smallest absolute Gasteiger partial charge is 0.272 e. The van der Waals surface area contributed by atoms with Gasteiger partial charge in [-0.15, -0.1) is 0 Å². The van der Waals surface area contributed by atoms with Crippen LogP contribution in [0.15, 0.2) is 39.9 Å². The van der Waals surface area contributed by atoms with Crippen LogP contribution >= 0.6 is 15.9 Å². The lowest BCUT2D eigenvalue weighted by atomic mass is 10.3. The zero-order valence-corrected chi connectivity index (χ0v) is 11.1. The second kappa shape index (κ2) is 4.71. The Morgan fingerprint density at radius 2 is 1.94 bits per heavy atom. The molecule has 0 amide bonds. The molecule has 1 aromatic heterocycles. The van der Waals surface area contributed by atoms with Gasteiger partial charge >= 0.3 is 0 Å². The largest absolute Gasteiger partial charge is 0.497 e. The summed E-state index contributed by atoms with van der Waals surface area (Å²) in [6, 6.07) is 7.22. The molecule has 0 saturated carbocycles. The number of aryl methyl sites for hydroxylation is 1. The molecule has 4 nitrogen and oxygen atoms in total. The zero-order valence-electron chi connectivity index (χ0n) is 9.48. The first-order valence-corrected chi connectivity index (χ1v) is 5.81. The first-order valence-electron chi connectivity index (χ1n) is 5.01. The molecule has 0 atom stereocenters. The van der Waals surface area contributed by atoms with Gasteiger partial charge in [-0.25, -0.2) is 4.98 Å². The van der Waals surface area contributed by atoms with Gasteiger partial charge in [0.15, 0.2) is 0 Å². The molecular weight excluding hydrogens is 284 g/mol. The third-order valence-corrected chi connectivity index (χ3v) is 3.35. The van der Waals surface area contributed by atoms with E-state index in [0.717, 1.165) is 11.4 Å². The Morgan fingerprint density at radius 3 is 2.53 bits per heavy atom. The van der Waals surface area contributed by atoms with Crippen molar-refractivity contribution in [1.29, 1.82) is 0 Å². The second-order valence-electron chi connectivity index (χ2n) is 3.52. The Balaban J connectivity index is 2.53. The number of benzene rings is 1. The van der Waals surface area contributed by atoms with E-state index < -0.39 is 0 Å². The van der Waals surface area contributed by atoms with Crippen molar-refractivity contribution >= 4 is 15.9 Å². The fraction of sp³-hybridized carbons (Fsp3) is 0.167. The van der Waals surface area contributed by atoms with E-state index in [2.05, 4.69) is 20.9 Å². The minimum absolute atomic E-state index is 0.123. The van der Waals surface area contributed by atoms with Crippen molar-refractivity contribution in [1.82, 2.24) is 9.55 Å². The molecule has 0 aliphatic carbocycles. The Bertz CT molecular complexity index is 590. The summed E-state index contributed by atoms with van der Waals surface area (Å²) < 4.78 is 7.03. The van der Waals surface area contributed by atoms with Crippen molar-refractivity contribution in [3.05, 3.63) is 51.1 Å². The van der Waals surface area contributed by atoms with Crippen molar-refractivity contribution < 1.29 is 4.74 Å². The highest BCUT2D eigenvalue weighted by Crippen LogP contribution is 2.14. The van der Waals surface area contributed by atoms with Gasteiger partial charge in [0.25, 0.3) is 5.56 Å². The molecule has 5 heteroatoms. The van der Waals surface area contributed by atoms with Gasteiger partial charge in [0.2, 0.25) is 0 Å².